The van der Waals surface area contributed by atoms with Crippen molar-refractivity contribution in [2.75, 3.05) is 0 Å². The molecule has 0 aromatic heterocycles. The highest BCUT2D eigenvalue weighted by Crippen LogP contribution is 2.12. The predicted octanol–water partition coefficient (Wildman–Crippen LogP) is 2.79. The van der Waals surface area contributed by atoms with E-state index in [0.29, 0.717) is 12.3 Å². The van der Waals surface area contributed by atoms with Gasteiger partial charge >= 0.3 is 0 Å². The maximum Gasteiger partial charge on any atom is 0.137 e. The molecule has 0 rings (SSSR count). The quantitative estimate of drug-likeness (QED) is 0.686. The van der Waals surface area contributed by atoms with E-state index in [2.05, 4.69) is 13.8 Å². The van der Waals surface area contributed by atoms with Gasteiger partial charge in [-0.05, 0) is 12.3 Å². The molecule has 0 heterocycles. The second-order valence-corrected chi connectivity index (χ2v) is 4.80. The van der Waals surface area contributed by atoms with Gasteiger partial charge in [-0.2, -0.15) is 0 Å². The lowest BCUT2D eigenvalue weighted by Crippen LogP contribution is -2.17. The minimum Gasteiger partial charge on any atom is -0.393 e. The van der Waals surface area contributed by atoms with Gasteiger partial charge in [-0.1, -0.05) is 40.5 Å². The topological polar surface area (TPSA) is 37.3 Å². The molecule has 1 atom stereocenters. The molecule has 0 aliphatic rings. The molecule has 0 radical (unpaired) electrons. The van der Waals surface area contributed by atoms with E-state index in [1.165, 1.54) is 0 Å². The van der Waals surface area contributed by atoms with Crippen molar-refractivity contribution in [3.8, 4) is 0 Å². The van der Waals surface area contributed by atoms with Crippen molar-refractivity contribution in [3.05, 3.63) is 0 Å². The Bertz CT molecular complexity index is 162. The molecular formula is C12H24O2. The van der Waals surface area contributed by atoms with Crippen LogP contribution < -0.4 is 0 Å². The SMILES string of the molecule is CC(C)CCCC(O)CC(=O)C(C)C. The molecule has 0 aliphatic heterocycles. The maximum atomic E-state index is 11.3. The number of carbonyl (C=O) groups excluding carboxylic acids is 1. The smallest absolute Gasteiger partial charge is 0.137 e. The van der Waals surface area contributed by atoms with Gasteiger partial charge in [0.05, 0.1) is 6.10 Å². The zero-order valence-electron chi connectivity index (χ0n) is 9.92. The van der Waals surface area contributed by atoms with Crippen LogP contribution in [0.5, 0.6) is 0 Å². The maximum absolute atomic E-state index is 11.3. The Hall–Kier alpha value is -0.370. The minimum atomic E-state index is -0.427. The summed E-state index contributed by atoms with van der Waals surface area (Å²) in [5, 5.41) is 9.56. The number of carbonyl (C=O) groups is 1. The molecule has 0 fully saturated rings. The normalized spacial score (nSPS) is 13.6. The van der Waals surface area contributed by atoms with Crippen LogP contribution in [0.1, 0.15) is 53.4 Å². The van der Waals surface area contributed by atoms with Crippen LogP contribution in [0.2, 0.25) is 0 Å². The molecule has 2 nitrogen and oxygen atoms in total. The highest BCUT2D eigenvalue weighted by molar-refractivity contribution is 5.80. The Morgan fingerprint density at radius 2 is 1.71 bits per heavy atom. The highest BCUT2D eigenvalue weighted by Gasteiger charge is 2.13. The summed E-state index contributed by atoms with van der Waals surface area (Å²) < 4.78 is 0. The van der Waals surface area contributed by atoms with Gasteiger partial charge in [-0.15, -0.1) is 0 Å². The zero-order chi connectivity index (χ0) is 11.1. The van der Waals surface area contributed by atoms with E-state index in [9.17, 15) is 9.90 Å². The van der Waals surface area contributed by atoms with Crippen LogP contribution in [0.15, 0.2) is 0 Å². The molecule has 1 unspecified atom stereocenters. The summed E-state index contributed by atoms with van der Waals surface area (Å²) in [4.78, 5) is 11.3. The van der Waals surface area contributed by atoms with Crippen LogP contribution >= 0.6 is 0 Å². The molecule has 0 saturated carbocycles. The Morgan fingerprint density at radius 3 is 2.14 bits per heavy atom. The third kappa shape index (κ3) is 7.07. The second kappa shape index (κ2) is 6.99. The molecule has 14 heavy (non-hydrogen) atoms. The van der Waals surface area contributed by atoms with Crippen LogP contribution in [0.25, 0.3) is 0 Å². The van der Waals surface area contributed by atoms with Crippen LogP contribution in [0, 0.1) is 11.8 Å². The van der Waals surface area contributed by atoms with Crippen molar-refractivity contribution < 1.29 is 9.90 Å². The van der Waals surface area contributed by atoms with Crippen molar-refractivity contribution in [1.29, 1.82) is 0 Å². The summed E-state index contributed by atoms with van der Waals surface area (Å²) in [6, 6.07) is 0. The van der Waals surface area contributed by atoms with Crippen LogP contribution in [-0.4, -0.2) is 17.0 Å². The molecule has 2 heteroatoms. The Morgan fingerprint density at radius 1 is 1.14 bits per heavy atom. The molecule has 0 spiro atoms. The molecule has 0 aliphatic carbocycles. The fourth-order valence-corrected chi connectivity index (χ4v) is 1.33. The first-order valence-electron chi connectivity index (χ1n) is 5.64. The van der Waals surface area contributed by atoms with Crippen molar-refractivity contribution in [2.24, 2.45) is 11.8 Å². The Labute approximate surface area is 87.7 Å². The third-order valence-electron chi connectivity index (χ3n) is 2.40. The molecule has 0 aromatic carbocycles. The number of rotatable bonds is 7. The van der Waals surface area contributed by atoms with Crippen molar-refractivity contribution in [1.82, 2.24) is 0 Å². The molecule has 1 N–H and O–H groups in total. The van der Waals surface area contributed by atoms with E-state index in [0.717, 1.165) is 19.3 Å². The second-order valence-electron chi connectivity index (χ2n) is 4.80. The van der Waals surface area contributed by atoms with Crippen LogP contribution in [0.4, 0.5) is 0 Å². The third-order valence-corrected chi connectivity index (χ3v) is 2.40. The first kappa shape index (κ1) is 13.6. The first-order valence-corrected chi connectivity index (χ1v) is 5.64. The van der Waals surface area contributed by atoms with Gasteiger partial charge in [0.1, 0.15) is 5.78 Å². The molecular weight excluding hydrogens is 176 g/mol. The number of aliphatic hydroxyl groups is 1. The number of ketones is 1. The molecule has 0 aromatic rings. The summed E-state index contributed by atoms with van der Waals surface area (Å²) in [6.45, 7) is 8.10. The minimum absolute atomic E-state index is 0.0507. The number of hydrogen-bond donors (Lipinski definition) is 1. The van der Waals surface area contributed by atoms with Crippen molar-refractivity contribution in [3.63, 3.8) is 0 Å². The molecule has 0 amide bonds. The van der Waals surface area contributed by atoms with E-state index in [1.807, 2.05) is 13.8 Å². The summed E-state index contributed by atoms with van der Waals surface area (Å²) in [5.41, 5.74) is 0. The van der Waals surface area contributed by atoms with E-state index >= 15 is 0 Å². The lowest BCUT2D eigenvalue weighted by molar-refractivity contribution is -0.123. The van der Waals surface area contributed by atoms with Crippen LogP contribution in [0.3, 0.4) is 0 Å². The van der Waals surface area contributed by atoms with Gasteiger partial charge in [0.2, 0.25) is 0 Å². The average Bonchev–Trinajstić information content (AvgIpc) is 2.02. The molecule has 84 valence electrons. The van der Waals surface area contributed by atoms with Gasteiger partial charge in [0, 0.05) is 12.3 Å². The summed E-state index contributed by atoms with van der Waals surface area (Å²) in [6.07, 6.45) is 2.81. The van der Waals surface area contributed by atoms with E-state index in [1.54, 1.807) is 0 Å². The fraction of sp³-hybridized carbons (Fsp3) is 0.917. The monoisotopic (exact) mass is 200 g/mol. The van der Waals surface area contributed by atoms with Gasteiger partial charge in [0.15, 0.2) is 0 Å². The van der Waals surface area contributed by atoms with Gasteiger partial charge in [-0.3, -0.25) is 4.79 Å². The largest absolute Gasteiger partial charge is 0.393 e. The standard InChI is InChI=1S/C12H24O2/c1-9(2)6-5-7-11(13)8-12(14)10(3)4/h9-11,13H,5-8H2,1-4H3. The summed E-state index contributed by atoms with van der Waals surface area (Å²) in [7, 11) is 0. The lowest BCUT2D eigenvalue weighted by atomic mass is 9.98. The van der Waals surface area contributed by atoms with E-state index in [-0.39, 0.29) is 11.7 Å². The van der Waals surface area contributed by atoms with Gasteiger partial charge in [0.25, 0.3) is 0 Å². The summed E-state index contributed by atoms with van der Waals surface area (Å²) in [5.74, 6) is 0.903. The molecule has 0 bridgehead atoms. The van der Waals surface area contributed by atoms with Crippen LogP contribution in [-0.2, 0) is 4.79 Å². The van der Waals surface area contributed by atoms with Crippen molar-refractivity contribution in [2.45, 2.75) is 59.5 Å². The van der Waals surface area contributed by atoms with Gasteiger partial charge < -0.3 is 5.11 Å². The average molecular weight is 200 g/mol. The fourth-order valence-electron chi connectivity index (χ4n) is 1.33. The number of hydrogen-bond acceptors (Lipinski definition) is 2. The predicted molar refractivity (Wildman–Crippen MR) is 59.2 cm³/mol. The summed E-state index contributed by atoms with van der Waals surface area (Å²) >= 11 is 0. The van der Waals surface area contributed by atoms with E-state index in [4.69, 9.17) is 0 Å². The Kier molecular flexibility index (Phi) is 6.81. The number of aliphatic hydroxyl groups excluding tert-OH is 1. The Balaban J connectivity index is 3.55. The number of Topliss-reactive ketones (excluding diaryl/α,β-unsaturated/α-hetero) is 1. The van der Waals surface area contributed by atoms with Crippen molar-refractivity contribution >= 4 is 5.78 Å². The zero-order valence-corrected chi connectivity index (χ0v) is 9.92. The lowest BCUT2D eigenvalue weighted by Gasteiger charge is -2.11. The van der Waals surface area contributed by atoms with E-state index < -0.39 is 6.10 Å². The first-order chi connectivity index (χ1) is 6.43. The van der Waals surface area contributed by atoms with Gasteiger partial charge in [-0.25, -0.2) is 0 Å². The highest BCUT2D eigenvalue weighted by atomic mass is 16.3. The molecule has 0 saturated heterocycles.